The maximum absolute atomic E-state index is 4.61. The van der Waals surface area contributed by atoms with Crippen LogP contribution in [-0.4, -0.2) is 12.5 Å². The summed E-state index contributed by atoms with van der Waals surface area (Å²) in [5, 5.41) is 8.71. The van der Waals surface area contributed by atoms with Crippen LogP contribution in [0.15, 0.2) is 46.8 Å². The fourth-order valence-corrected chi connectivity index (χ4v) is 2.43. The average Bonchev–Trinajstić information content (AvgIpc) is 2.97. The second-order valence-corrected chi connectivity index (χ2v) is 5.65. The van der Waals surface area contributed by atoms with Gasteiger partial charge < -0.3 is 10.6 Å². The third-order valence-electron chi connectivity index (χ3n) is 2.89. The molecule has 114 valence electrons. The highest BCUT2D eigenvalue weighted by atomic mass is 127. The number of hydrogen-bond acceptors (Lipinski definition) is 2. The molecular formula is C16H22IN3S. The SMILES string of the molecule is CCNC(=NCc1ccc(C)cc1)NCc1cccs1.I. The molecule has 0 unspecified atom stereocenters. The fraction of sp³-hybridized carbons (Fsp3) is 0.312. The number of nitrogens with one attached hydrogen (secondary N) is 2. The zero-order chi connectivity index (χ0) is 14.2. The minimum absolute atomic E-state index is 0. The zero-order valence-corrected chi connectivity index (χ0v) is 15.6. The van der Waals surface area contributed by atoms with Gasteiger partial charge in [-0.1, -0.05) is 35.9 Å². The van der Waals surface area contributed by atoms with Gasteiger partial charge in [0.25, 0.3) is 0 Å². The van der Waals surface area contributed by atoms with Gasteiger partial charge in [-0.25, -0.2) is 4.99 Å². The smallest absolute Gasteiger partial charge is 0.191 e. The van der Waals surface area contributed by atoms with Gasteiger partial charge >= 0.3 is 0 Å². The summed E-state index contributed by atoms with van der Waals surface area (Å²) in [4.78, 5) is 5.92. The molecule has 0 saturated carbocycles. The topological polar surface area (TPSA) is 36.4 Å². The molecule has 0 spiro atoms. The Kier molecular flexibility index (Phi) is 8.37. The molecule has 3 nitrogen and oxygen atoms in total. The summed E-state index contributed by atoms with van der Waals surface area (Å²) in [5.74, 6) is 0.862. The molecular weight excluding hydrogens is 393 g/mol. The molecule has 0 bridgehead atoms. The molecule has 0 fully saturated rings. The van der Waals surface area contributed by atoms with E-state index in [1.165, 1.54) is 16.0 Å². The second kappa shape index (κ2) is 9.78. The molecule has 1 aromatic carbocycles. The highest BCUT2D eigenvalue weighted by Crippen LogP contribution is 2.07. The number of halogens is 1. The molecule has 0 aliphatic rings. The summed E-state index contributed by atoms with van der Waals surface area (Å²) in [6, 6.07) is 12.7. The van der Waals surface area contributed by atoms with Crippen LogP contribution in [0.2, 0.25) is 0 Å². The van der Waals surface area contributed by atoms with E-state index in [-0.39, 0.29) is 24.0 Å². The van der Waals surface area contributed by atoms with Crippen LogP contribution in [0.1, 0.15) is 22.9 Å². The zero-order valence-electron chi connectivity index (χ0n) is 12.4. The van der Waals surface area contributed by atoms with Crippen LogP contribution in [0.4, 0.5) is 0 Å². The summed E-state index contributed by atoms with van der Waals surface area (Å²) >= 11 is 1.75. The van der Waals surface area contributed by atoms with Crippen LogP contribution >= 0.6 is 35.3 Å². The van der Waals surface area contributed by atoms with E-state index in [9.17, 15) is 0 Å². The van der Waals surface area contributed by atoms with E-state index in [1.807, 2.05) is 0 Å². The standard InChI is InChI=1S/C16H21N3S.HI/c1-3-17-16(19-12-15-5-4-10-20-15)18-11-14-8-6-13(2)7-9-14;/h4-10H,3,11-12H2,1-2H3,(H2,17,18,19);1H. The molecule has 2 N–H and O–H groups in total. The van der Waals surface area contributed by atoms with Gasteiger partial charge in [0.15, 0.2) is 5.96 Å². The predicted octanol–water partition coefficient (Wildman–Crippen LogP) is 3.93. The van der Waals surface area contributed by atoms with Gasteiger partial charge in [0, 0.05) is 11.4 Å². The van der Waals surface area contributed by atoms with Gasteiger partial charge in [-0.15, -0.1) is 35.3 Å². The Labute approximate surface area is 147 Å². The van der Waals surface area contributed by atoms with Gasteiger partial charge in [-0.2, -0.15) is 0 Å². The molecule has 0 saturated heterocycles. The number of thiophene rings is 1. The maximum Gasteiger partial charge on any atom is 0.191 e. The molecule has 21 heavy (non-hydrogen) atoms. The van der Waals surface area contributed by atoms with Crippen molar-refractivity contribution >= 4 is 41.3 Å². The van der Waals surface area contributed by atoms with Crippen LogP contribution in [0, 0.1) is 6.92 Å². The lowest BCUT2D eigenvalue weighted by atomic mass is 10.1. The Morgan fingerprint density at radius 1 is 1.14 bits per heavy atom. The van der Waals surface area contributed by atoms with Crippen molar-refractivity contribution in [2.24, 2.45) is 4.99 Å². The normalized spacial score (nSPS) is 10.9. The van der Waals surface area contributed by atoms with Crippen molar-refractivity contribution in [3.8, 4) is 0 Å². The van der Waals surface area contributed by atoms with Crippen molar-refractivity contribution in [1.82, 2.24) is 10.6 Å². The summed E-state index contributed by atoms with van der Waals surface area (Å²) < 4.78 is 0. The Bertz CT molecular complexity index is 535. The number of rotatable bonds is 5. The van der Waals surface area contributed by atoms with E-state index < -0.39 is 0 Å². The Morgan fingerprint density at radius 2 is 1.90 bits per heavy atom. The molecule has 1 aromatic heterocycles. The molecule has 1 heterocycles. The van der Waals surface area contributed by atoms with Gasteiger partial charge in [0.2, 0.25) is 0 Å². The lowest BCUT2D eigenvalue weighted by molar-refractivity contribution is 0.823. The lowest BCUT2D eigenvalue weighted by Crippen LogP contribution is -2.36. The van der Waals surface area contributed by atoms with E-state index in [0.29, 0.717) is 6.54 Å². The third-order valence-corrected chi connectivity index (χ3v) is 3.77. The highest BCUT2D eigenvalue weighted by molar-refractivity contribution is 14.0. The first-order chi connectivity index (χ1) is 9.78. The van der Waals surface area contributed by atoms with Crippen LogP contribution in [0.25, 0.3) is 0 Å². The average molecular weight is 415 g/mol. The molecule has 5 heteroatoms. The minimum atomic E-state index is 0. The summed E-state index contributed by atoms with van der Waals surface area (Å²) in [6.07, 6.45) is 0. The minimum Gasteiger partial charge on any atom is -0.357 e. The molecule has 0 amide bonds. The number of benzene rings is 1. The lowest BCUT2D eigenvalue weighted by Gasteiger charge is -2.10. The first-order valence-corrected chi connectivity index (χ1v) is 7.76. The number of nitrogens with zero attached hydrogens (tertiary/aromatic N) is 1. The first-order valence-electron chi connectivity index (χ1n) is 6.88. The number of hydrogen-bond donors (Lipinski definition) is 2. The second-order valence-electron chi connectivity index (χ2n) is 4.61. The van der Waals surface area contributed by atoms with Gasteiger partial charge in [-0.05, 0) is 30.9 Å². The third kappa shape index (κ3) is 6.48. The van der Waals surface area contributed by atoms with Crippen molar-refractivity contribution in [1.29, 1.82) is 0 Å². The Balaban J connectivity index is 0.00000220. The fourth-order valence-electron chi connectivity index (χ4n) is 1.79. The van der Waals surface area contributed by atoms with Gasteiger partial charge in [0.05, 0.1) is 13.1 Å². The van der Waals surface area contributed by atoms with Crippen molar-refractivity contribution in [2.45, 2.75) is 26.9 Å². The largest absolute Gasteiger partial charge is 0.357 e. The van der Waals surface area contributed by atoms with Crippen LogP contribution in [0.3, 0.4) is 0 Å². The molecule has 2 rings (SSSR count). The summed E-state index contributed by atoms with van der Waals surface area (Å²) in [6.45, 7) is 6.55. The number of aliphatic imine (C=N–C) groups is 1. The van der Waals surface area contributed by atoms with Gasteiger partial charge in [-0.3, -0.25) is 0 Å². The molecule has 0 radical (unpaired) electrons. The van der Waals surface area contributed by atoms with E-state index in [2.05, 4.69) is 71.3 Å². The number of aryl methyl sites for hydroxylation is 1. The monoisotopic (exact) mass is 415 g/mol. The van der Waals surface area contributed by atoms with Crippen molar-refractivity contribution in [2.75, 3.05) is 6.54 Å². The first kappa shape index (κ1) is 18.0. The Hall–Kier alpha value is -1.08. The molecule has 0 aliphatic heterocycles. The molecule has 2 aromatic rings. The van der Waals surface area contributed by atoms with Crippen molar-refractivity contribution < 1.29 is 0 Å². The predicted molar refractivity (Wildman–Crippen MR) is 103 cm³/mol. The highest BCUT2D eigenvalue weighted by Gasteiger charge is 1.99. The van der Waals surface area contributed by atoms with E-state index in [1.54, 1.807) is 11.3 Å². The maximum atomic E-state index is 4.61. The van der Waals surface area contributed by atoms with Crippen LogP contribution < -0.4 is 10.6 Å². The summed E-state index contributed by atoms with van der Waals surface area (Å²) in [7, 11) is 0. The van der Waals surface area contributed by atoms with Crippen molar-refractivity contribution in [3.05, 3.63) is 57.8 Å². The van der Waals surface area contributed by atoms with E-state index in [0.717, 1.165) is 19.0 Å². The molecule has 0 atom stereocenters. The van der Waals surface area contributed by atoms with Crippen LogP contribution in [0.5, 0.6) is 0 Å². The van der Waals surface area contributed by atoms with Crippen LogP contribution in [-0.2, 0) is 13.1 Å². The van der Waals surface area contributed by atoms with E-state index >= 15 is 0 Å². The Morgan fingerprint density at radius 3 is 2.52 bits per heavy atom. The van der Waals surface area contributed by atoms with Gasteiger partial charge in [0.1, 0.15) is 0 Å². The van der Waals surface area contributed by atoms with Crippen molar-refractivity contribution in [3.63, 3.8) is 0 Å². The molecule has 0 aliphatic carbocycles. The van der Waals surface area contributed by atoms with E-state index in [4.69, 9.17) is 0 Å². The quantitative estimate of drug-likeness (QED) is 0.441. The summed E-state index contributed by atoms with van der Waals surface area (Å²) in [5.41, 5.74) is 2.50. The number of guanidine groups is 1.